The van der Waals surface area contributed by atoms with Gasteiger partial charge in [0.2, 0.25) is 0 Å². The highest BCUT2D eigenvalue weighted by molar-refractivity contribution is 9.10. The van der Waals surface area contributed by atoms with E-state index in [0.29, 0.717) is 22.9 Å². The quantitative estimate of drug-likeness (QED) is 0.769. The number of ether oxygens (including phenoxy) is 1. The zero-order valence-electron chi connectivity index (χ0n) is 10.2. The van der Waals surface area contributed by atoms with Crippen molar-refractivity contribution < 1.29 is 13.9 Å². The second-order valence-electron chi connectivity index (χ2n) is 4.52. The predicted molar refractivity (Wildman–Crippen MR) is 68.8 cm³/mol. The van der Waals surface area contributed by atoms with Crippen LogP contribution in [0.5, 0.6) is 0 Å². The molecule has 0 spiro atoms. The molecule has 0 atom stereocenters. The molecule has 4 heteroatoms. The average molecular weight is 303 g/mol. The zero-order chi connectivity index (χ0) is 13.1. The Kier molecular flexibility index (Phi) is 4.83. The Bertz CT molecular complexity index is 416. The lowest BCUT2D eigenvalue weighted by molar-refractivity contribution is 0.0141. The normalized spacial score (nSPS) is 11.6. The lowest BCUT2D eigenvalue weighted by Crippen LogP contribution is -2.23. The number of hydrogen-bond donors (Lipinski definition) is 0. The summed E-state index contributed by atoms with van der Waals surface area (Å²) in [4.78, 5) is 11.8. The third-order valence-electron chi connectivity index (χ3n) is 2.75. The third-order valence-corrected chi connectivity index (χ3v) is 3.39. The number of carbonyl (C=O) groups excluding carboxylic acids is 1. The summed E-state index contributed by atoms with van der Waals surface area (Å²) in [5.41, 5.74) is 0.0708. The zero-order valence-corrected chi connectivity index (χ0v) is 11.8. The van der Waals surface area contributed by atoms with Gasteiger partial charge < -0.3 is 4.74 Å². The number of rotatable bonds is 5. The molecule has 0 heterocycles. The van der Waals surface area contributed by atoms with E-state index in [2.05, 4.69) is 15.9 Å². The van der Waals surface area contributed by atoms with Gasteiger partial charge in [-0.3, -0.25) is 4.79 Å². The van der Waals surface area contributed by atoms with Crippen LogP contribution >= 0.6 is 15.9 Å². The molecule has 0 N–H and O–H groups in total. The van der Waals surface area contributed by atoms with Gasteiger partial charge in [0, 0.05) is 19.1 Å². The van der Waals surface area contributed by atoms with Crippen LogP contribution in [-0.4, -0.2) is 18.5 Å². The minimum Gasteiger partial charge on any atom is -0.379 e. The maximum Gasteiger partial charge on any atom is 0.163 e. The predicted octanol–water partition coefficient (Wildman–Crippen LogP) is 3.98. The Hall–Kier alpha value is -0.740. The van der Waals surface area contributed by atoms with Crippen molar-refractivity contribution in [2.45, 2.75) is 32.3 Å². The van der Waals surface area contributed by atoms with E-state index in [0.717, 1.165) is 0 Å². The summed E-state index contributed by atoms with van der Waals surface area (Å²) in [6.45, 7) is 3.84. The summed E-state index contributed by atoms with van der Waals surface area (Å²) in [7, 11) is 1.61. The largest absolute Gasteiger partial charge is 0.379 e. The van der Waals surface area contributed by atoms with Crippen molar-refractivity contribution in [2.75, 3.05) is 7.11 Å². The van der Waals surface area contributed by atoms with Gasteiger partial charge in [-0.15, -0.1) is 0 Å². The van der Waals surface area contributed by atoms with E-state index in [9.17, 15) is 9.18 Å². The second-order valence-corrected chi connectivity index (χ2v) is 5.37. The van der Waals surface area contributed by atoms with Gasteiger partial charge in [-0.05, 0) is 48.3 Å². The lowest BCUT2D eigenvalue weighted by atomic mass is 9.98. The van der Waals surface area contributed by atoms with Crippen LogP contribution in [0, 0.1) is 5.82 Å². The van der Waals surface area contributed by atoms with Crippen LogP contribution in [0.2, 0.25) is 0 Å². The van der Waals surface area contributed by atoms with Gasteiger partial charge in [0.05, 0.1) is 10.1 Å². The molecule has 0 aromatic heterocycles. The van der Waals surface area contributed by atoms with Crippen molar-refractivity contribution in [3.8, 4) is 0 Å². The van der Waals surface area contributed by atoms with Gasteiger partial charge in [0.1, 0.15) is 5.82 Å². The molecule has 0 radical (unpaired) electrons. The highest BCUT2D eigenvalue weighted by atomic mass is 79.9. The van der Waals surface area contributed by atoms with Gasteiger partial charge in [-0.1, -0.05) is 6.07 Å². The van der Waals surface area contributed by atoms with Crippen molar-refractivity contribution in [1.29, 1.82) is 0 Å². The number of Topliss-reactive ketones (excluding diaryl/α,β-unsaturated/α-hetero) is 1. The summed E-state index contributed by atoms with van der Waals surface area (Å²) in [5.74, 6) is -0.483. The SMILES string of the molecule is COC(C)(C)CCC(=O)c1ccc(Br)c(F)c1. The molecule has 1 aromatic carbocycles. The van der Waals surface area contributed by atoms with E-state index in [1.165, 1.54) is 6.07 Å². The maximum atomic E-state index is 13.3. The van der Waals surface area contributed by atoms with E-state index >= 15 is 0 Å². The summed E-state index contributed by atoms with van der Waals surface area (Å²) >= 11 is 3.05. The monoisotopic (exact) mass is 302 g/mol. The molecular formula is C13H16BrFO2. The number of hydrogen-bond acceptors (Lipinski definition) is 2. The molecule has 1 aromatic rings. The van der Waals surface area contributed by atoms with Gasteiger partial charge >= 0.3 is 0 Å². The minimum absolute atomic E-state index is 0.0680. The Morgan fingerprint density at radius 3 is 2.65 bits per heavy atom. The van der Waals surface area contributed by atoms with Gasteiger partial charge in [-0.2, -0.15) is 0 Å². The Balaban J connectivity index is 2.68. The topological polar surface area (TPSA) is 26.3 Å². The first-order valence-corrected chi connectivity index (χ1v) is 6.18. The summed E-state index contributed by atoms with van der Waals surface area (Å²) in [5, 5.41) is 0. The van der Waals surface area contributed by atoms with E-state index in [1.54, 1.807) is 19.2 Å². The summed E-state index contributed by atoms with van der Waals surface area (Å²) in [6.07, 6.45) is 0.960. The Morgan fingerprint density at radius 2 is 2.12 bits per heavy atom. The van der Waals surface area contributed by atoms with Crippen LogP contribution in [-0.2, 0) is 4.74 Å². The number of ketones is 1. The molecule has 0 fully saturated rings. The highest BCUT2D eigenvalue weighted by Crippen LogP contribution is 2.20. The van der Waals surface area contributed by atoms with Crippen LogP contribution in [0.1, 0.15) is 37.0 Å². The molecule has 17 heavy (non-hydrogen) atoms. The molecule has 0 aliphatic heterocycles. The smallest absolute Gasteiger partial charge is 0.163 e. The third kappa shape index (κ3) is 4.21. The molecule has 0 aliphatic carbocycles. The Labute approximate surface area is 109 Å². The first-order valence-electron chi connectivity index (χ1n) is 5.39. The molecule has 1 rings (SSSR count). The van der Waals surface area contributed by atoms with E-state index in [-0.39, 0.29) is 11.4 Å². The van der Waals surface area contributed by atoms with Crippen LogP contribution in [0.25, 0.3) is 0 Å². The molecule has 0 bridgehead atoms. The molecule has 0 unspecified atom stereocenters. The van der Waals surface area contributed by atoms with Crippen LogP contribution in [0.15, 0.2) is 22.7 Å². The van der Waals surface area contributed by atoms with E-state index in [4.69, 9.17) is 4.74 Å². The summed E-state index contributed by atoms with van der Waals surface area (Å²) < 4.78 is 18.9. The number of methoxy groups -OCH3 is 1. The van der Waals surface area contributed by atoms with Crippen molar-refractivity contribution in [2.24, 2.45) is 0 Å². The molecule has 0 aliphatic rings. The van der Waals surface area contributed by atoms with Gasteiger partial charge in [0.25, 0.3) is 0 Å². The van der Waals surface area contributed by atoms with Crippen molar-refractivity contribution in [1.82, 2.24) is 0 Å². The van der Waals surface area contributed by atoms with Crippen LogP contribution in [0.4, 0.5) is 4.39 Å². The first kappa shape index (κ1) is 14.3. The molecule has 0 saturated heterocycles. The number of carbonyl (C=O) groups is 1. The van der Waals surface area contributed by atoms with Gasteiger partial charge in [-0.25, -0.2) is 4.39 Å². The molecule has 0 amide bonds. The van der Waals surface area contributed by atoms with Gasteiger partial charge in [0.15, 0.2) is 5.78 Å². The average Bonchev–Trinajstić information content (AvgIpc) is 2.30. The lowest BCUT2D eigenvalue weighted by Gasteiger charge is -2.22. The Morgan fingerprint density at radius 1 is 1.47 bits per heavy atom. The fraction of sp³-hybridized carbons (Fsp3) is 0.462. The highest BCUT2D eigenvalue weighted by Gasteiger charge is 2.19. The standard InChI is InChI=1S/C13H16BrFO2/c1-13(2,17-3)7-6-12(16)9-4-5-10(14)11(15)8-9/h4-5,8H,6-7H2,1-3H3. The fourth-order valence-electron chi connectivity index (χ4n) is 1.33. The van der Waals surface area contributed by atoms with Crippen molar-refractivity contribution >= 4 is 21.7 Å². The van der Waals surface area contributed by atoms with E-state index < -0.39 is 5.82 Å². The maximum absolute atomic E-state index is 13.3. The van der Waals surface area contributed by atoms with Crippen LogP contribution < -0.4 is 0 Å². The van der Waals surface area contributed by atoms with Crippen molar-refractivity contribution in [3.63, 3.8) is 0 Å². The number of benzene rings is 1. The number of halogens is 2. The van der Waals surface area contributed by atoms with Crippen LogP contribution in [0.3, 0.4) is 0 Å². The molecular weight excluding hydrogens is 287 g/mol. The molecule has 94 valence electrons. The molecule has 2 nitrogen and oxygen atoms in total. The second kappa shape index (κ2) is 5.74. The van der Waals surface area contributed by atoms with E-state index in [1.807, 2.05) is 13.8 Å². The fourth-order valence-corrected chi connectivity index (χ4v) is 1.58. The minimum atomic E-state index is -0.415. The first-order chi connectivity index (χ1) is 7.85. The molecule has 0 saturated carbocycles. The van der Waals surface area contributed by atoms with Crippen molar-refractivity contribution in [3.05, 3.63) is 34.1 Å². The summed E-state index contributed by atoms with van der Waals surface area (Å²) in [6, 6.07) is 4.42.